The lowest BCUT2D eigenvalue weighted by Crippen LogP contribution is -2.38. The molecule has 1 aromatic heterocycles. The van der Waals surface area contributed by atoms with Crippen molar-refractivity contribution in [2.24, 2.45) is 7.05 Å². The van der Waals surface area contributed by atoms with Crippen LogP contribution in [0.2, 0.25) is 0 Å². The van der Waals surface area contributed by atoms with Crippen LogP contribution >= 0.6 is 0 Å². The molecule has 6 heteroatoms. The summed E-state index contributed by atoms with van der Waals surface area (Å²) in [4.78, 5) is 24.5. The van der Waals surface area contributed by atoms with Crippen molar-refractivity contribution >= 4 is 5.82 Å². The van der Waals surface area contributed by atoms with Crippen LogP contribution in [0.3, 0.4) is 0 Å². The lowest BCUT2D eigenvalue weighted by molar-refractivity contribution is 0.711. The third kappa shape index (κ3) is 1.32. The molecule has 0 bridgehead atoms. The normalized spacial score (nSPS) is 16.2. The van der Waals surface area contributed by atoms with Crippen molar-refractivity contribution in [3.63, 3.8) is 0 Å². The molecule has 0 unspecified atom stereocenters. The molecule has 6 nitrogen and oxygen atoms in total. The van der Waals surface area contributed by atoms with E-state index >= 15 is 0 Å². The van der Waals surface area contributed by atoms with Gasteiger partial charge in [0.05, 0.1) is 0 Å². The zero-order chi connectivity index (χ0) is 10.1. The van der Waals surface area contributed by atoms with Crippen molar-refractivity contribution in [3.05, 3.63) is 20.8 Å². The third-order valence-corrected chi connectivity index (χ3v) is 2.46. The molecule has 0 saturated carbocycles. The van der Waals surface area contributed by atoms with Crippen LogP contribution in [-0.2, 0) is 7.05 Å². The summed E-state index contributed by atoms with van der Waals surface area (Å²) in [6, 6.07) is 0. The molecule has 2 heterocycles. The molecule has 76 valence electrons. The number of aromatic amines is 1. The van der Waals surface area contributed by atoms with Gasteiger partial charge in [-0.2, -0.15) is 0 Å². The quantitative estimate of drug-likeness (QED) is 0.630. The standard InChI is InChI=1S/C8H12N4O2/c1-11-7(13)6(9-10-8(11)14)12-4-2-3-5-12/h2-5H2,1H3,(H,10,14). The van der Waals surface area contributed by atoms with Gasteiger partial charge in [0.25, 0.3) is 5.56 Å². The molecule has 1 aromatic rings. The highest BCUT2D eigenvalue weighted by Crippen LogP contribution is 2.11. The van der Waals surface area contributed by atoms with Crippen LogP contribution < -0.4 is 16.1 Å². The van der Waals surface area contributed by atoms with Gasteiger partial charge < -0.3 is 4.90 Å². The van der Waals surface area contributed by atoms with Crippen molar-refractivity contribution in [3.8, 4) is 0 Å². The highest BCUT2D eigenvalue weighted by atomic mass is 16.2. The molecule has 0 radical (unpaired) electrons. The number of aromatic nitrogens is 3. The first-order valence-electron chi connectivity index (χ1n) is 4.61. The summed E-state index contributed by atoms with van der Waals surface area (Å²) in [6.07, 6.45) is 2.15. The van der Waals surface area contributed by atoms with Gasteiger partial charge in [0, 0.05) is 20.1 Å². The third-order valence-electron chi connectivity index (χ3n) is 2.46. The average Bonchev–Trinajstić information content (AvgIpc) is 2.67. The zero-order valence-electron chi connectivity index (χ0n) is 7.99. The zero-order valence-corrected chi connectivity index (χ0v) is 7.99. The Morgan fingerprint density at radius 2 is 1.93 bits per heavy atom. The molecule has 2 rings (SSSR count). The second-order valence-electron chi connectivity index (χ2n) is 3.41. The molecule has 1 N–H and O–H groups in total. The van der Waals surface area contributed by atoms with Crippen LogP contribution in [0.1, 0.15) is 12.8 Å². The maximum Gasteiger partial charge on any atom is 0.344 e. The molecule has 0 aliphatic carbocycles. The van der Waals surface area contributed by atoms with Crippen molar-refractivity contribution in [1.29, 1.82) is 0 Å². The largest absolute Gasteiger partial charge is 0.351 e. The van der Waals surface area contributed by atoms with E-state index < -0.39 is 5.69 Å². The lowest BCUT2D eigenvalue weighted by Gasteiger charge is -2.14. The summed E-state index contributed by atoms with van der Waals surface area (Å²) in [6.45, 7) is 1.68. The van der Waals surface area contributed by atoms with Gasteiger partial charge in [0.2, 0.25) is 5.82 Å². The van der Waals surface area contributed by atoms with E-state index in [1.807, 2.05) is 4.90 Å². The molecule has 0 amide bonds. The van der Waals surface area contributed by atoms with Crippen molar-refractivity contribution in [2.45, 2.75) is 12.8 Å². The van der Waals surface area contributed by atoms with E-state index in [1.165, 1.54) is 7.05 Å². The summed E-state index contributed by atoms with van der Waals surface area (Å²) in [5.41, 5.74) is -0.798. The number of nitrogens with zero attached hydrogens (tertiary/aromatic N) is 3. The maximum absolute atomic E-state index is 11.6. The molecule has 14 heavy (non-hydrogen) atoms. The smallest absolute Gasteiger partial charge is 0.344 e. The van der Waals surface area contributed by atoms with Crippen LogP contribution in [0.4, 0.5) is 5.82 Å². The van der Waals surface area contributed by atoms with Crippen LogP contribution in [-0.4, -0.2) is 27.9 Å². The minimum absolute atomic E-state index is 0.323. The van der Waals surface area contributed by atoms with Crippen molar-refractivity contribution in [2.75, 3.05) is 18.0 Å². The number of H-pyrrole nitrogens is 1. The molecular weight excluding hydrogens is 184 g/mol. The highest BCUT2D eigenvalue weighted by molar-refractivity contribution is 5.35. The van der Waals surface area contributed by atoms with E-state index in [1.54, 1.807) is 0 Å². The molecule has 0 aromatic carbocycles. The summed E-state index contributed by atoms with van der Waals surface area (Å²) in [5.74, 6) is 0.351. The Kier molecular flexibility index (Phi) is 2.11. The van der Waals surface area contributed by atoms with Gasteiger partial charge in [-0.3, -0.25) is 9.36 Å². The van der Waals surface area contributed by atoms with E-state index in [0.29, 0.717) is 5.82 Å². The number of hydrogen-bond donors (Lipinski definition) is 1. The fourth-order valence-corrected chi connectivity index (χ4v) is 1.60. The topological polar surface area (TPSA) is 71.0 Å². The van der Waals surface area contributed by atoms with Crippen LogP contribution in [0, 0.1) is 0 Å². The molecule has 1 aliphatic heterocycles. The van der Waals surface area contributed by atoms with Crippen molar-refractivity contribution in [1.82, 2.24) is 14.8 Å². The first kappa shape index (κ1) is 8.98. The highest BCUT2D eigenvalue weighted by Gasteiger charge is 2.18. The lowest BCUT2D eigenvalue weighted by atomic mass is 10.4. The van der Waals surface area contributed by atoms with Gasteiger partial charge in [-0.25, -0.2) is 9.89 Å². The number of rotatable bonds is 1. The van der Waals surface area contributed by atoms with Crippen molar-refractivity contribution < 1.29 is 0 Å². The average molecular weight is 196 g/mol. The van der Waals surface area contributed by atoms with Gasteiger partial charge in [-0.15, -0.1) is 5.10 Å². The maximum atomic E-state index is 11.6. The van der Waals surface area contributed by atoms with E-state index in [0.717, 1.165) is 30.5 Å². The number of anilines is 1. The minimum atomic E-state index is -0.474. The Bertz CT molecular complexity index is 441. The van der Waals surface area contributed by atoms with Crippen LogP contribution in [0.5, 0.6) is 0 Å². The Balaban J connectivity index is 2.49. The minimum Gasteiger partial charge on any atom is -0.351 e. The second-order valence-corrected chi connectivity index (χ2v) is 3.41. The fourth-order valence-electron chi connectivity index (χ4n) is 1.60. The van der Waals surface area contributed by atoms with Gasteiger partial charge in [-0.05, 0) is 12.8 Å². The summed E-state index contributed by atoms with van der Waals surface area (Å²) >= 11 is 0. The monoisotopic (exact) mass is 196 g/mol. The molecule has 0 atom stereocenters. The van der Waals surface area contributed by atoms with Gasteiger partial charge in [0.15, 0.2) is 0 Å². The SMILES string of the molecule is Cn1c(=O)[nH]nc(N2CCCC2)c1=O. The summed E-state index contributed by atoms with van der Waals surface area (Å²) in [7, 11) is 1.45. The molecule has 1 aliphatic rings. The Hall–Kier alpha value is -1.59. The predicted octanol–water partition coefficient (Wildman–Crippen LogP) is -0.931. The van der Waals surface area contributed by atoms with E-state index in [-0.39, 0.29) is 5.56 Å². The molecule has 1 fully saturated rings. The van der Waals surface area contributed by atoms with Crippen LogP contribution in [0.25, 0.3) is 0 Å². The van der Waals surface area contributed by atoms with Gasteiger partial charge in [-0.1, -0.05) is 0 Å². The van der Waals surface area contributed by atoms with Gasteiger partial charge in [0.1, 0.15) is 0 Å². The Morgan fingerprint density at radius 1 is 1.29 bits per heavy atom. The summed E-state index contributed by atoms with van der Waals surface area (Å²) < 4.78 is 1.04. The molecule has 1 saturated heterocycles. The fraction of sp³-hybridized carbons (Fsp3) is 0.625. The number of nitrogens with one attached hydrogen (secondary N) is 1. The van der Waals surface area contributed by atoms with E-state index in [9.17, 15) is 9.59 Å². The first-order valence-corrected chi connectivity index (χ1v) is 4.61. The summed E-state index contributed by atoms with van der Waals surface area (Å²) in [5, 5.41) is 6.08. The Labute approximate surface area is 80.2 Å². The van der Waals surface area contributed by atoms with Crippen LogP contribution in [0.15, 0.2) is 9.59 Å². The molecular formula is C8H12N4O2. The van der Waals surface area contributed by atoms with E-state index in [4.69, 9.17) is 0 Å². The second kappa shape index (κ2) is 3.28. The number of hydrogen-bond acceptors (Lipinski definition) is 4. The first-order chi connectivity index (χ1) is 6.70. The van der Waals surface area contributed by atoms with Gasteiger partial charge >= 0.3 is 5.69 Å². The molecule has 0 spiro atoms. The predicted molar refractivity (Wildman–Crippen MR) is 51.5 cm³/mol. The Morgan fingerprint density at radius 3 is 2.57 bits per heavy atom. The van der Waals surface area contributed by atoms with E-state index in [2.05, 4.69) is 10.2 Å².